The Labute approximate surface area is 107 Å². The zero-order valence-corrected chi connectivity index (χ0v) is 12.0. The first-order chi connectivity index (χ1) is 8.15. The predicted molar refractivity (Wildman–Crippen MR) is 74.3 cm³/mol. The van der Waals surface area contributed by atoms with Crippen molar-refractivity contribution in [1.29, 1.82) is 0 Å². The van der Waals surface area contributed by atoms with Crippen LogP contribution < -0.4 is 5.32 Å². The van der Waals surface area contributed by atoms with Gasteiger partial charge >= 0.3 is 0 Å². The third kappa shape index (κ3) is 3.23. The summed E-state index contributed by atoms with van der Waals surface area (Å²) in [7, 11) is 0. The van der Waals surface area contributed by atoms with Gasteiger partial charge in [-0.3, -0.25) is 4.90 Å². The Morgan fingerprint density at radius 1 is 1.29 bits per heavy atom. The van der Waals surface area contributed by atoms with E-state index in [-0.39, 0.29) is 0 Å². The molecule has 0 aromatic carbocycles. The Balaban J connectivity index is 1.96. The SMILES string of the molecule is CCCC1(CN2CC(C)CCC2C)CCNC1. The standard InChI is InChI=1S/C15H30N2/c1-4-7-15(8-9-16-11-15)12-17-10-13(2)5-6-14(17)3/h13-14,16H,4-12H2,1-3H3. The molecule has 2 rings (SSSR count). The molecule has 0 amide bonds. The zero-order valence-electron chi connectivity index (χ0n) is 12.0. The summed E-state index contributed by atoms with van der Waals surface area (Å²) in [6.45, 7) is 12.3. The van der Waals surface area contributed by atoms with Crippen LogP contribution in [0.1, 0.15) is 52.9 Å². The van der Waals surface area contributed by atoms with Crippen LogP contribution in [0.3, 0.4) is 0 Å². The summed E-state index contributed by atoms with van der Waals surface area (Å²) in [4.78, 5) is 2.77. The van der Waals surface area contributed by atoms with Gasteiger partial charge in [0.1, 0.15) is 0 Å². The maximum Gasteiger partial charge on any atom is 0.00673 e. The fourth-order valence-corrected chi connectivity index (χ4v) is 3.78. The summed E-state index contributed by atoms with van der Waals surface area (Å²) in [5, 5.41) is 3.59. The van der Waals surface area contributed by atoms with E-state index in [1.165, 1.54) is 58.3 Å². The molecule has 2 nitrogen and oxygen atoms in total. The minimum Gasteiger partial charge on any atom is -0.316 e. The molecule has 3 unspecified atom stereocenters. The Kier molecular flexibility index (Phi) is 4.48. The number of piperidine rings is 1. The van der Waals surface area contributed by atoms with Crippen molar-refractivity contribution >= 4 is 0 Å². The molecule has 17 heavy (non-hydrogen) atoms. The quantitative estimate of drug-likeness (QED) is 0.810. The summed E-state index contributed by atoms with van der Waals surface area (Å²) in [5.74, 6) is 0.902. The first-order valence-corrected chi connectivity index (χ1v) is 7.60. The van der Waals surface area contributed by atoms with Crippen LogP contribution in [0.2, 0.25) is 0 Å². The van der Waals surface area contributed by atoms with E-state index in [0.717, 1.165) is 12.0 Å². The molecular weight excluding hydrogens is 208 g/mol. The van der Waals surface area contributed by atoms with E-state index in [9.17, 15) is 0 Å². The second-order valence-electron chi connectivity index (χ2n) is 6.64. The lowest BCUT2D eigenvalue weighted by molar-refractivity contribution is 0.0691. The average Bonchev–Trinajstić information content (AvgIpc) is 2.73. The Hall–Kier alpha value is -0.0800. The van der Waals surface area contributed by atoms with Crippen LogP contribution in [-0.4, -0.2) is 37.1 Å². The molecule has 0 aromatic rings. The molecule has 0 bridgehead atoms. The minimum atomic E-state index is 0.583. The summed E-state index contributed by atoms with van der Waals surface area (Å²) in [6.07, 6.45) is 6.95. The average molecular weight is 238 g/mol. The lowest BCUT2D eigenvalue weighted by Crippen LogP contribution is -2.47. The van der Waals surface area contributed by atoms with E-state index >= 15 is 0 Å². The fourth-order valence-electron chi connectivity index (χ4n) is 3.78. The summed E-state index contributed by atoms with van der Waals surface area (Å²) in [5.41, 5.74) is 0.583. The molecule has 2 aliphatic heterocycles. The lowest BCUT2D eigenvalue weighted by atomic mass is 9.80. The van der Waals surface area contributed by atoms with Gasteiger partial charge in [0.2, 0.25) is 0 Å². The largest absolute Gasteiger partial charge is 0.316 e. The number of rotatable bonds is 4. The number of hydrogen-bond acceptors (Lipinski definition) is 2. The van der Waals surface area contributed by atoms with Crippen LogP contribution >= 0.6 is 0 Å². The Morgan fingerprint density at radius 3 is 2.76 bits per heavy atom. The molecule has 100 valence electrons. The van der Waals surface area contributed by atoms with E-state index in [4.69, 9.17) is 0 Å². The third-order valence-electron chi connectivity index (χ3n) is 4.90. The van der Waals surface area contributed by atoms with Crippen molar-refractivity contribution in [2.24, 2.45) is 11.3 Å². The number of nitrogens with one attached hydrogen (secondary N) is 1. The Morgan fingerprint density at radius 2 is 2.12 bits per heavy atom. The van der Waals surface area contributed by atoms with Crippen LogP contribution in [0.5, 0.6) is 0 Å². The van der Waals surface area contributed by atoms with Crippen molar-refractivity contribution in [3.8, 4) is 0 Å². The molecule has 1 N–H and O–H groups in total. The predicted octanol–water partition coefficient (Wildman–Crippen LogP) is 2.89. The Bertz CT molecular complexity index is 233. The van der Waals surface area contributed by atoms with Crippen molar-refractivity contribution in [3.63, 3.8) is 0 Å². The van der Waals surface area contributed by atoms with Gasteiger partial charge in [-0.1, -0.05) is 20.3 Å². The van der Waals surface area contributed by atoms with Crippen molar-refractivity contribution in [1.82, 2.24) is 10.2 Å². The second-order valence-corrected chi connectivity index (χ2v) is 6.64. The van der Waals surface area contributed by atoms with Gasteiger partial charge < -0.3 is 5.32 Å². The maximum absolute atomic E-state index is 3.59. The second kappa shape index (κ2) is 5.71. The van der Waals surface area contributed by atoms with Gasteiger partial charge in [-0.05, 0) is 50.5 Å². The molecule has 2 heteroatoms. The first kappa shape index (κ1) is 13.4. The van der Waals surface area contributed by atoms with Crippen molar-refractivity contribution in [2.75, 3.05) is 26.2 Å². The minimum absolute atomic E-state index is 0.583. The van der Waals surface area contributed by atoms with E-state index in [1.807, 2.05) is 0 Å². The van der Waals surface area contributed by atoms with E-state index in [1.54, 1.807) is 0 Å². The molecule has 0 aliphatic carbocycles. The molecule has 2 heterocycles. The molecule has 2 fully saturated rings. The highest BCUT2D eigenvalue weighted by molar-refractivity contribution is 4.92. The molecule has 0 spiro atoms. The zero-order chi connectivity index (χ0) is 12.3. The topological polar surface area (TPSA) is 15.3 Å². The monoisotopic (exact) mass is 238 g/mol. The van der Waals surface area contributed by atoms with Crippen LogP contribution in [0.15, 0.2) is 0 Å². The summed E-state index contributed by atoms with van der Waals surface area (Å²) >= 11 is 0. The van der Waals surface area contributed by atoms with Gasteiger partial charge in [0.25, 0.3) is 0 Å². The summed E-state index contributed by atoms with van der Waals surface area (Å²) in [6, 6.07) is 0.806. The fraction of sp³-hybridized carbons (Fsp3) is 1.00. The molecular formula is C15H30N2. The molecule has 0 radical (unpaired) electrons. The summed E-state index contributed by atoms with van der Waals surface area (Å²) < 4.78 is 0. The van der Waals surface area contributed by atoms with Gasteiger partial charge in [-0.25, -0.2) is 0 Å². The highest BCUT2D eigenvalue weighted by atomic mass is 15.2. The van der Waals surface area contributed by atoms with Gasteiger partial charge in [-0.2, -0.15) is 0 Å². The van der Waals surface area contributed by atoms with Gasteiger partial charge in [0, 0.05) is 25.7 Å². The number of hydrogen-bond donors (Lipinski definition) is 1. The lowest BCUT2D eigenvalue weighted by Gasteiger charge is -2.42. The van der Waals surface area contributed by atoms with E-state index < -0.39 is 0 Å². The van der Waals surface area contributed by atoms with Crippen LogP contribution in [0.4, 0.5) is 0 Å². The third-order valence-corrected chi connectivity index (χ3v) is 4.90. The van der Waals surface area contributed by atoms with Crippen molar-refractivity contribution in [3.05, 3.63) is 0 Å². The van der Waals surface area contributed by atoms with Crippen LogP contribution in [0, 0.1) is 11.3 Å². The normalized spacial score (nSPS) is 39.7. The molecule has 2 saturated heterocycles. The van der Waals surface area contributed by atoms with Crippen LogP contribution in [-0.2, 0) is 0 Å². The van der Waals surface area contributed by atoms with Crippen LogP contribution in [0.25, 0.3) is 0 Å². The van der Waals surface area contributed by atoms with Crippen molar-refractivity contribution < 1.29 is 0 Å². The number of likely N-dealkylation sites (tertiary alicyclic amines) is 1. The van der Waals surface area contributed by atoms with Gasteiger partial charge in [0.05, 0.1) is 0 Å². The van der Waals surface area contributed by atoms with Gasteiger partial charge in [0.15, 0.2) is 0 Å². The highest BCUT2D eigenvalue weighted by Gasteiger charge is 2.36. The smallest absolute Gasteiger partial charge is 0.00673 e. The molecule has 0 aromatic heterocycles. The van der Waals surface area contributed by atoms with E-state index in [0.29, 0.717) is 5.41 Å². The van der Waals surface area contributed by atoms with Crippen molar-refractivity contribution in [2.45, 2.75) is 58.9 Å². The molecule has 3 atom stereocenters. The van der Waals surface area contributed by atoms with Gasteiger partial charge in [-0.15, -0.1) is 0 Å². The highest BCUT2D eigenvalue weighted by Crippen LogP contribution is 2.34. The molecule has 2 aliphatic rings. The molecule has 0 saturated carbocycles. The number of nitrogens with zero attached hydrogens (tertiary/aromatic N) is 1. The van der Waals surface area contributed by atoms with E-state index in [2.05, 4.69) is 31.0 Å². The first-order valence-electron chi connectivity index (χ1n) is 7.60. The maximum atomic E-state index is 3.59.